The number of likely N-dealkylation sites (tertiary alicyclic amines) is 1. The third kappa shape index (κ3) is 5.69. The summed E-state index contributed by atoms with van der Waals surface area (Å²) < 4.78 is 9.92. The minimum Gasteiger partial charge on any atom is -0.497 e. The maximum atomic E-state index is 11.5. The summed E-state index contributed by atoms with van der Waals surface area (Å²) in [4.78, 5) is 17.5. The first-order valence-electron chi connectivity index (χ1n) is 8.70. The van der Waals surface area contributed by atoms with E-state index in [0.717, 1.165) is 36.5 Å². The Hall–Kier alpha value is -2.15. The van der Waals surface area contributed by atoms with Crippen LogP contribution in [0.25, 0.3) is 0 Å². The normalized spacial score (nSPS) is 15.5. The van der Waals surface area contributed by atoms with Crippen molar-refractivity contribution in [2.45, 2.75) is 25.3 Å². The van der Waals surface area contributed by atoms with Gasteiger partial charge in [0, 0.05) is 37.7 Å². The summed E-state index contributed by atoms with van der Waals surface area (Å²) in [6, 6.07) is 5.98. The number of benzene rings is 1. The lowest BCUT2D eigenvalue weighted by Crippen LogP contribution is -2.50. The molecule has 0 spiro atoms. The average Bonchev–Trinajstić information content (AvgIpc) is 2.68. The van der Waals surface area contributed by atoms with E-state index in [1.54, 1.807) is 19.1 Å². The topological polar surface area (TPSA) is 75.2 Å². The minimum atomic E-state index is -0.262. The smallest absolute Gasteiger partial charge is 0.409 e. The number of hydrogen-bond acceptors (Lipinski definition) is 4. The lowest BCUT2D eigenvalue weighted by molar-refractivity contribution is 0.111. The summed E-state index contributed by atoms with van der Waals surface area (Å²) in [6.07, 6.45) is 2.24. The number of nitrogens with one attached hydrogen (secondary N) is 2. The van der Waals surface area contributed by atoms with Gasteiger partial charge in [0.1, 0.15) is 5.75 Å². The van der Waals surface area contributed by atoms with Gasteiger partial charge < -0.3 is 25.0 Å². The predicted molar refractivity (Wildman–Crippen MR) is 103 cm³/mol. The van der Waals surface area contributed by atoms with Crippen molar-refractivity contribution < 1.29 is 14.3 Å². The highest BCUT2D eigenvalue weighted by atomic mass is 35.5. The van der Waals surface area contributed by atoms with E-state index in [4.69, 9.17) is 21.1 Å². The molecular formula is C18H27ClN4O3. The second-order valence-electron chi connectivity index (χ2n) is 6.08. The van der Waals surface area contributed by atoms with Gasteiger partial charge in [0.2, 0.25) is 0 Å². The van der Waals surface area contributed by atoms with Crippen molar-refractivity contribution in [2.24, 2.45) is 4.99 Å². The summed E-state index contributed by atoms with van der Waals surface area (Å²) in [7, 11) is 4.78. The summed E-state index contributed by atoms with van der Waals surface area (Å²) in [5.74, 6) is 1.51. The first-order chi connectivity index (χ1) is 12.6. The van der Waals surface area contributed by atoms with Crippen molar-refractivity contribution in [3.05, 3.63) is 28.8 Å². The molecule has 0 saturated carbocycles. The molecule has 144 valence electrons. The van der Waals surface area contributed by atoms with E-state index in [1.807, 2.05) is 18.2 Å². The van der Waals surface area contributed by atoms with Gasteiger partial charge in [0.15, 0.2) is 5.96 Å². The van der Waals surface area contributed by atoms with Crippen LogP contribution in [0.1, 0.15) is 18.4 Å². The molecule has 1 aromatic carbocycles. The fourth-order valence-electron chi connectivity index (χ4n) is 2.90. The monoisotopic (exact) mass is 382 g/mol. The zero-order valence-corrected chi connectivity index (χ0v) is 16.3. The van der Waals surface area contributed by atoms with Crippen LogP contribution < -0.4 is 15.4 Å². The molecule has 2 rings (SSSR count). The molecule has 1 amide bonds. The number of piperidine rings is 1. The highest BCUT2D eigenvalue weighted by Gasteiger charge is 2.23. The van der Waals surface area contributed by atoms with Gasteiger partial charge in [-0.1, -0.05) is 17.7 Å². The molecule has 0 atom stereocenters. The third-order valence-corrected chi connectivity index (χ3v) is 4.79. The molecule has 0 radical (unpaired) electrons. The number of halogens is 1. The molecule has 7 nitrogen and oxygen atoms in total. The number of carbonyl (C=O) groups excluding carboxylic acids is 1. The van der Waals surface area contributed by atoms with Crippen LogP contribution in [-0.4, -0.2) is 63.9 Å². The number of carbonyl (C=O) groups is 1. The fourth-order valence-corrected chi connectivity index (χ4v) is 3.16. The molecule has 1 saturated heterocycles. The molecule has 0 unspecified atom stereocenters. The van der Waals surface area contributed by atoms with Crippen LogP contribution in [0.3, 0.4) is 0 Å². The maximum absolute atomic E-state index is 11.5. The number of amides is 1. The Balaban J connectivity index is 1.76. The summed E-state index contributed by atoms with van der Waals surface area (Å²) in [5.41, 5.74) is 1.06. The number of ether oxygens (including phenoxy) is 2. The molecule has 26 heavy (non-hydrogen) atoms. The van der Waals surface area contributed by atoms with Crippen LogP contribution in [0, 0.1) is 0 Å². The van der Waals surface area contributed by atoms with E-state index >= 15 is 0 Å². The van der Waals surface area contributed by atoms with Crippen molar-refractivity contribution in [3.8, 4) is 5.75 Å². The van der Waals surface area contributed by atoms with Crippen LogP contribution in [0.4, 0.5) is 4.79 Å². The van der Waals surface area contributed by atoms with Crippen LogP contribution in [-0.2, 0) is 11.2 Å². The first kappa shape index (κ1) is 20.2. The Bertz CT molecular complexity index is 631. The number of rotatable bonds is 5. The van der Waals surface area contributed by atoms with Crippen molar-refractivity contribution >= 4 is 23.7 Å². The summed E-state index contributed by atoms with van der Waals surface area (Å²) in [6.45, 7) is 2.08. The quantitative estimate of drug-likeness (QED) is 0.603. The summed E-state index contributed by atoms with van der Waals surface area (Å²) >= 11 is 6.27. The molecule has 1 heterocycles. The van der Waals surface area contributed by atoms with Gasteiger partial charge in [-0.25, -0.2) is 4.79 Å². The molecule has 1 aliphatic rings. The molecule has 1 fully saturated rings. The Morgan fingerprint density at radius 2 is 2.08 bits per heavy atom. The number of methoxy groups -OCH3 is 2. The molecule has 2 N–H and O–H groups in total. The third-order valence-electron chi connectivity index (χ3n) is 4.44. The average molecular weight is 383 g/mol. The van der Waals surface area contributed by atoms with Crippen LogP contribution in [0.5, 0.6) is 5.75 Å². The minimum absolute atomic E-state index is 0.262. The molecule has 0 bridgehead atoms. The second-order valence-corrected chi connectivity index (χ2v) is 6.49. The van der Waals surface area contributed by atoms with Gasteiger partial charge in [-0.15, -0.1) is 0 Å². The zero-order valence-electron chi connectivity index (χ0n) is 15.5. The summed E-state index contributed by atoms with van der Waals surface area (Å²) in [5, 5.41) is 7.42. The van der Waals surface area contributed by atoms with Crippen molar-refractivity contribution in [3.63, 3.8) is 0 Å². The van der Waals surface area contributed by atoms with Gasteiger partial charge in [0.25, 0.3) is 0 Å². The Labute approximate surface area is 159 Å². The highest BCUT2D eigenvalue weighted by Crippen LogP contribution is 2.22. The number of aliphatic imine (C=N–C) groups is 1. The maximum Gasteiger partial charge on any atom is 0.409 e. The largest absolute Gasteiger partial charge is 0.497 e. The van der Waals surface area contributed by atoms with E-state index < -0.39 is 0 Å². The van der Waals surface area contributed by atoms with E-state index in [1.165, 1.54) is 7.11 Å². The van der Waals surface area contributed by atoms with E-state index in [9.17, 15) is 4.79 Å². The zero-order chi connectivity index (χ0) is 18.9. The molecule has 1 aliphatic heterocycles. The highest BCUT2D eigenvalue weighted by molar-refractivity contribution is 6.31. The number of guanidine groups is 1. The Morgan fingerprint density at radius 3 is 2.65 bits per heavy atom. The lowest BCUT2D eigenvalue weighted by atomic mass is 10.1. The number of nitrogens with zero attached hydrogens (tertiary/aromatic N) is 2. The van der Waals surface area contributed by atoms with Gasteiger partial charge in [0.05, 0.1) is 14.2 Å². The molecule has 0 aromatic heterocycles. The van der Waals surface area contributed by atoms with Crippen LogP contribution in [0.15, 0.2) is 23.2 Å². The van der Waals surface area contributed by atoms with Crippen molar-refractivity contribution in [2.75, 3.05) is 40.9 Å². The van der Waals surface area contributed by atoms with Crippen molar-refractivity contribution in [1.29, 1.82) is 0 Å². The second kappa shape index (κ2) is 10.1. The molecular weight excluding hydrogens is 356 g/mol. The molecule has 1 aromatic rings. The first-order valence-corrected chi connectivity index (χ1v) is 9.07. The van der Waals surface area contributed by atoms with Gasteiger partial charge in [-0.05, 0) is 37.0 Å². The number of hydrogen-bond donors (Lipinski definition) is 2. The van der Waals surface area contributed by atoms with Crippen LogP contribution in [0.2, 0.25) is 5.02 Å². The SMILES string of the molecule is CN=C(NCCc1ccc(OC)cc1Cl)NC1CCN(C(=O)OC)CC1. The molecule has 8 heteroatoms. The van der Waals surface area contributed by atoms with Gasteiger partial charge in [-0.3, -0.25) is 4.99 Å². The van der Waals surface area contributed by atoms with E-state index in [0.29, 0.717) is 24.7 Å². The lowest BCUT2D eigenvalue weighted by Gasteiger charge is -2.32. The van der Waals surface area contributed by atoms with E-state index in [-0.39, 0.29) is 12.1 Å². The predicted octanol–water partition coefficient (Wildman–Crippen LogP) is 2.29. The van der Waals surface area contributed by atoms with Crippen molar-refractivity contribution in [1.82, 2.24) is 15.5 Å². The standard InChI is InChI=1S/C18H27ClN4O3/c1-20-17(22-14-7-10-23(11-8-14)18(24)26-3)21-9-6-13-4-5-15(25-2)12-16(13)19/h4-5,12,14H,6-11H2,1-3H3,(H2,20,21,22). The molecule has 0 aliphatic carbocycles. The Kier molecular flexibility index (Phi) is 7.84. The van der Waals surface area contributed by atoms with E-state index in [2.05, 4.69) is 15.6 Å². The fraction of sp³-hybridized carbons (Fsp3) is 0.556. The van der Waals surface area contributed by atoms with Gasteiger partial charge >= 0.3 is 6.09 Å². The van der Waals surface area contributed by atoms with Crippen LogP contribution >= 0.6 is 11.6 Å². The van der Waals surface area contributed by atoms with Gasteiger partial charge in [-0.2, -0.15) is 0 Å². The Morgan fingerprint density at radius 1 is 1.35 bits per heavy atom.